The second-order valence-corrected chi connectivity index (χ2v) is 2.27. The van der Waals surface area contributed by atoms with Gasteiger partial charge in [-0.2, -0.15) is 0 Å². The van der Waals surface area contributed by atoms with Gasteiger partial charge in [-0.25, -0.2) is 9.37 Å². The van der Waals surface area contributed by atoms with Gasteiger partial charge >= 0.3 is 0 Å². The first-order chi connectivity index (χ1) is 5.77. The number of nitrogens with zero attached hydrogens (tertiary/aromatic N) is 1. The normalized spacial score (nSPS) is 12.6. The summed E-state index contributed by atoms with van der Waals surface area (Å²) in [5.41, 5.74) is 0.289. The maximum absolute atomic E-state index is 12.0. The van der Waals surface area contributed by atoms with Crippen LogP contribution in [0.5, 0.6) is 5.88 Å². The molecule has 4 heteroatoms. The van der Waals surface area contributed by atoms with Gasteiger partial charge in [0.25, 0.3) is 0 Å². The average Bonchev–Trinajstić information content (AvgIpc) is 2.17. The van der Waals surface area contributed by atoms with Crippen LogP contribution < -0.4 is 4.74 Å². The van der Waals surface area contributed by atoms with E-state index in [0.29, 0.717) is 5.88 Å². The average molecular weight is 171 g/mol. The Morgan fingerprint density at radius 2 is 2.42 bits per heavy atom. The molecule has 1 aromatic heterocycles. The fourth-order valence-corrected chi connectivity index (χ4v) is 0.809. The number of aromatic nitrogens is 1. The summed E-state index contributed by atoms with van der Waals surface area (Å²) in [5, 5.41) is 9.06. The van der Waals surface area contributed by atoms with Gasteiger partial charge in [0.05, 0.1) is 12.8 Å². The van der Waals surface area contributed by atoms with E-state index in [1.807, 2.05) is 0 Å². The van der Waals surface area contributed by atoms with Gasteiger partial charge in [-0.15, -0.1) is 0 Å². The third kappa shape index (κ3) is 1.92. The summed E-state index contributed by atoms with van der Waals surface area (Å²) in [7, 11) is 1.47. The number of pyridine rings is 1. The number of hydrogen-bond donors (Lipinski definition) is 1. The van der Waals surface area contributed by atoms with Crippen molar-refractivity contribution < 1.29 is 14.2 Å². The molecule has 0 saturated heterocycles. The van der Waals surface area contributed by atoms with Gasteiger partial charge < -0.3 is 9.84 Å². The van der Waals surface area contributed by atoms with E-state index in [9.17, 15) is 4.39 Å². The van der Waals surface area contributed by atoms with Crippen molar-refractivity contribution in [1.29, 1.82) is 0 Å². The summed E-state index contributed by atoms with van der Waals surface area (Å²) in [5.74, 6) is 0.375. The van der Waals surface area contributed by atoms with Crippen LogP contribution in [0.3, 0.4) is 0 Å². The highest BCUT2D eigenvalue weighted by Gasteiger charge is 2.08. The lowest BCUT2D eigenvalue weighted by Crippen LogP contribution is -2.02. The largest absolute Gasteiger partial charge is 0.481 e. The SMILES string of the molecule is COc1cccc(C(O)CF)n1. The lowest BCUT2D eigenvalue weighted by atomic mass is 10.2. The Bertz CT molecular complexity index is 255. The van der Waals surface area contributed by atoms with Crippen LogP contribution in [0.25, 0.3) is 0 Å². The molecule has 0 spiro atoms. The zero-order valence-electron chi connectivity index (χ0n) is 6.70. The molecule has 0 amide bonds. The summed E-state index contributed by atoms with van der Waals surface area (Å²) in [4.78, 5) is 3.85. The highest BCUT2D eigenvalue weighted by molar-refractivity contribution is 5.17. The van der Waals surface area contributed by atoms with Gasteiger partial charge in [-0.3, -0.25) is 0 Å². The molecule has 0 saturated carbocycles. The lowest BCUT2D eigenvalue weighted by Gasteiger charge is -2.06. The molecule has 1 aromatic rings. The van der Waals surface area contributed by atoms with E-state index in [4.69, 9.17) is 9.84 Å². The number of methoxy groups -OCH3 is 1. The maximum atomic E-state index is 12.0. The van der Waals surface area contributed by atoms with E-state index < -0.39 is 12.8 Å². The first-order valence-electron chi connectivity index (χ1n) is 3.53. The molecule has 1 heterocycles. The molecule has 1 atom stereocenters. The van der Waals surface area contributed by atoms with Crippen LogP contribution in [0.1, 0.15) is 11.8 Å². The summed E-state index contributed by atoms with van der Waals surface area (Å²) in [6.07, 6.45) is -1.15. The molecule has 0 aliphatic heterocycles. The van der Waals surface area contributed by atoms with Crippen molar-refractivity contribution in [1.82, 2.24) is 4.98 Å². The van der Waals surface area contributed by atoms with Crippen LogP contribution in [0.2, 0.25) is 0 Å². The molecule has 1 N–H and O–H groups in total. The minimum Gasteiger partial charge on any atom is -0.481 e. The molecule has 0 aliphatic rings. The zero-order valence-corrected chi connectivity index (χ0v) is 6.70. The molecular weight excluding hydrogens is 161 g/mol. The van der Waals surface area contributed by atoms with Crippen molar-refractivity contribution in [3.63, 3.8) is 0 Å². The van der Waals surface area contributed by atoms with Crippen molar-refractivity contribution in [2.24, 2.45) is 0 Å². The zero-order chi connectivity index (χ0) is 8.97. The molecule has 1 rings (SSSR count). The summed E-state index contributed by atoms with van der Waals surface area (Å²) < 4.78 is 16.8. The van der Waals surface area contributed by atoms with Crippen molar-refractivity contribution in [3.8, 4) is 5.88 Å². The molecule has 0 aromatic carbocycles. The lowest BCUT2D eigenvalue weighted by molar-refractivity contribution is 0.137. The Morgan fingerprint density at radius 3 is 3.00 bits per heavy atom. The number of alkyl halides is 1. The van der Waals surface area contributed by atoms with Crippen LogP contribution >= 0.6 is 0 Å². The van der Waals surface area contributed by atoms with E-state index in [2.05, 4.69) is 4.98 Å². The second-order valence-electron chi connectivity index (χ2n) is 2.27. The third-order valence-corrected chi connectivity index (χ3v) is 1.44. The fourth-order valence-electron chi connectivity index (χ4n) is 0.809. The molecule has 0 aliphatic carbocycles. The minimum absolute atomic E-state index is 0.289. The Hall–Kier alpha value is -1.16. The number of hydrogen-bond acceptors (Lipinski definition) is 3. The Balaban J connectivity index is 2.86. The van der Waals surface area contributed by atoms with E-state index in [-0.39, 0.29) is 5.69 Å². The molecule has 0 fully saturated rings. The first-order valence-corrected chi connectivity index (χ1v) is 3.53. The number of halogens is 1. The van der Waals surface area contributed by atoms with Crippen LogP contribution in [-0.4, -0.2) is 23.9 Å². The van der Waals surface area contributed by atoms with Gasteiger partial charge in [0.1, 0.15) is 12.8 Å². The van der Waals surface area contributed by atoms with Crippen molar-refractivity contribution in [2.45, 2.75) is 6.10 Å². The van der Waals surface area contributed by atoms with E-state index in [0.717, 1.165) is 0 Å². The van der Waals surface area contributed by atoms with Crippen LogP contribution in [0, 0.1) is 0 Å². The molecule has 0 radical (unpaired) electrons. The number of aliphatic hydroxyl groups excluding tert-OH is 1. The monoisotopic (exact) mass is 171 g/mol. The highest BCUT2D eigenvalue weighted by Crippen LogP contribution is 2.13. The Kier molecular flexibility index (Phi) is 2.99. The van der Waals surface area contributed by atoms with E-state index in [1.165, 1.54) is 7.11 Å². The minimum atomic E-state index is -1.15. The maximum Gasteiger partial charge on any atom is 0.213 e. The van der Waals surface area contributed by atoms with Gasteiger partial charge in [-0.05, 0) is 6.07 Å². The number of rotatable bonds is 3. The number of ether oxygens (including phenoxy) is 1. The van der Waals surface area contributed by atoms with Gasteiger partial charge in [0.2, 0.25) is 5.88 Å². The smallest absolute Gasteiger partial charge is 0.213 e. The van der Waals surface area contributed by atoms with Gasteiger partial charge in [0.15, 0.2) is 0 Å². The molecular formula is C8H10FNO2. The quantitative estimate of drug-likeness (QED) is 0.740. The predicted octanol–water partition coefficient (Wildman–Crippen LogP) is 1.09. The van der Waals surface area contributed by atoms with Crippen molar-refractivity contribution in [3.05, 3.63) is 23.9 Å². The van der Waals surface area contributed by atoms with E-state index >= 15 is 0 Å². The van der Waals surface area contributed by atoms with E-state index in [1.54, 1.807) is 18.2 Å². The van der Waals surface area contributed by atoms with Crippen molar-refractivity contribution >= 4 is 0 Å². The number of aliphatic hydroxyl groups is 1. The van der Waals surface area contributed by atoms with Gasteiger partial charge in [-0.1, -0.05) is 6.07 Å². The molecule has 12 heavy (non-hydrogen) atoms. The van der Waals surface area contributed by atoms with Crippen LogP contribution in [0.15, 0.2) is 18.2 Å². The molecule has 1 unspecified atom stereocenters. The topological polar surface area (TPSA) is 42.4 Å². The highest BCUT2D eigenvalue weighted by atomic mass is 19.1. The predicted molar refractivity (Wildman–Crippen MR) is 41.7 cm³/mol. The standard InChI is InChI=1S/C8H10FNO2/c1-12-8-4-2-3-6(10-8)7(11)5-9/h2-4,7,11H,5H2,1H3. The molecule has 0 bridgehead atoms. The summed E-state index contributed by atoms with van der Waals surface area (Å²) in [6.45, 7) is -0.833. The summed E-state index contributed by atoms with van der Waals surface area (Å²) >= 11 is 0. The first kappa shape index (κ1) is 8.93. The summed E-state index contributed by atoms with van der Waals surface area (Å²) in [6, 6.07) is 4.83. The van der Waals surface area contributed by atoms with Crippen LogP contribution in [-0.2, 0) is 0 Å². The van der Waals surface area contributed by atoms with Gasteiger partial charge in [0, 0.05) is 6.07 Å². The van der Waals surface area contributed by atoms with Crippen molar-refractivity contribution in [2.75, 3.05) is 13.8 Å². The van der Waals surface area contributed by atoms with Crippen LogP contribution in [0.4, 0.5) is 4.39 Å². The second kappa shape index (κ2) is 4.01. The Morgan fingerprint density at radius 1 is 1.67 bits per heavy atom. The Labute approximate surface area is 69.8 Å². The molecule has 66 valence electrons. The fraction of sp³-hybridized carbons (Fsp3) is 0.375. The third-order valence-electron chi connectivity index (χ3n) is 1.44. The molecule has 3 nitrogen and oxygen atoms in total.